The summed E-state index contributed by atoms with van der Waals surface area (Å²) in [5.74, 6) is -2.08. The van der Waals surface area contributed by atoms with Crippen LogP contribution < -0.4 is 10.2 Å². The van der Waals surface area contributed by atoms with Gasteiger partial charge in [-0.1, -0.05) is 6.92 Å². The predicted octanol–water partition coefficient (Wildman–Crippen LogP) is -2.85. The van der Waals surface area contributed by atoms with Gasteiger partial charge in [0, 0.05) is 26.2 Å². The highest BCUT2D eigenvalue weighted by Gasteiger charge is 1.67. The number of aliphatic hydroxyl groups is 2. The molecular formula is C11H24O8-2. The van der Waals surface area contributed by atoms with Crippen molar-refractivity contribution < 1.29 is 39.5 Å². The van der Waals surface area contributed by atoms with Crippen molar-refractivity contribution in [2.75, 3.05) is 40.6 Å². The molecule has 8 nitrogen and oxygen atoms in total. The van der Waals surface area contributed by atoms with Gasteiger partial charge in [0.1, 0.15) is 0 Å². The number of methoxy groups -OCH3 is 2. The topological polar surface area (TPSA) is 139 Å². The second-order valence-corrected chi connectivity index (χ2v) is 2.65. The molecular weight excluding hydrogens is 260 g/mol. The molecule has 0 unspecified atom stereocenters. The standard InChI is InChI=1S/2C3H8O2.C3H6O2.C2H4O2/c2*1-5-3-2-4;1-2-3(4)5;1-2(3)4/h2*4H,2-3H2,1H3;2H2,1H3,(H,4,5);1H3,(H,3,4)/p-2. The molecule has 0 amide bonds. The van der Waals surface area contributed by atoms with E-state index in [2.05, 4.69) is 9.47 Å². The Labute approximate surface area is 113 Å². The lowest BCUT2D eigenvalue weighted by Crippen LogP contribution is -2.19. The van der Waals surface area contributed by atoms with Crippen molar-refractivity contribution in [3.63, 3.8) is 0 Å². The maximum Gasteiger partial charge on any atom is 0.0693 e. The van der Waals surface area contributed by atoms with E-state index in [1.54, 1.807) is 14.2 Å². The summed E-state index contributed by atoms with van der Waals surface area (Å²) in [5, 5.41) is 34.0. The van der Waals surface area contributed by atoms with Gasteiger partial charge >= 0.3 is 0 Å². The van der Waals surface area contributed by atoms with E-state index >= 15 is 0 Å². The van der Waals surface area contributed by atoms with Crippen molar-refractivity contribution in [3.05, 3.63) is 0 Å². The first-order valence-corrected chi connectivity index (χ1v) is 5.40. The molecule has 0 atom stereocenters. The molecule has 0 aromatic carbocycles. The summed E-state index contributed by atoms with van der Waals surface area (Å²) in [7, 11) is 3.10. The molecule has 0 aromatic rings. The molecule has 0 aromatic heterocycles. The number of rotatable bonds is 5. The van der Waals surface area contributed by atoms with Crippen LogP contribution in [0.5, 0.6) is 0 Å². The smallest absolute Gasteiger partial charge is 0.0693 e. The zero-order valence-electron chi connectivity index (χ0n) is 11.9. The fourth-order valence-electron chi connectivity index (χ4n) is 0.183. The number of aliphatic carboxylic acids is 2. The summed E-state index contributed by atoms with van der Waals surface area (Å²) in [6.45, 7) is 3.64. The predicted molar refractivity (Wildman–Crippen MR) is 63.9 cm³/mol. The first-order valence-electron chi connectivity index (χ1n) is 5.40. The van der Waals surface area contributed by atoms with Gasteiger partial charge in [0.2, 0.25) is 0 Å². The largest absolute Gasteiger partial charge is 0.550 e. The molecule has 118 valence electrons. The second-order valence-electron chi connectivity index (χ2n) is 2.65. The minimum atomic E-state index is -1.08. The summed E-state index contributed by atoms with van der Waals surface area (Å²) < 4.78 is 8.88. The van der Waals surface area contributed by atoms with Crippen LogP contribution in [0.2, 0.25) is 0 Å². The van der Waals surface area contributed by atoms with E-state index in [-0.39, 0.29) is 19.6 Å². The van der Waals surface area contributed by atoms with E-state index in [4.69, 9.17) is 20.1 Å². The fraction of sp³-hybridized carbons (Fsp3) is 0.818. The summed E-state index contributed by atoms with van der Waals surface area (Å²) >= 11 is 0. The Balaban J connectivity index is -0.0000000793. The zero-order valence-corrected chi connectivity index (χ0v) is 11.9. The van der Waals surface area contributed by atoms with Gasteiger partial charge in [0.25, 0.3) is 0 Å². The Kier molecular flexibility index (Phi) is 41.8. The van der Waals surface area contributed by atoms with Crippen molar-refractivity contribution >= 4 is 11.9 Å². The third kappa shape index (κ3) is 160. The molecule has 0 radical (unpaired) electrons. The third-order valence-corrected chi connectivity index (χ3v) is 0.879. The van der Waals surface area contributed by atoms with Crippen LogP contribution in [0, 0.1) is 0 Å². The Morgan fingerprint density at radius 2 is 1.21 bits per heavy atom. The number of carbonyl (C=O) groups excluding carboxylic acids is 2. The molecule has 0 saturated heterocycles. The lowest BCUT2D eigenvalue weighted by atomic mass is 10.5. The average Bonchev–Trinajstić information content (AvgIpc) is 2.32. The quantitative estimate of drug-likeness (QED) is 0.550. The van der Waals surface area contributed by atoms with Crippen molar-refractivity contribution in [3.8, 4) is 0 Å². The summed E-state index contributed by atoms with van der Waals surface area (Å²) in [4.78, 5) is 18.1. The van der Waals surface area contributed by atoms with Crippen molar-refractivity contribution in [1.82, 2.24) is 0 Å². The zero-order chi connectivity index (χ0) is 16.1. The molecule has 0 fully saturated rings. The van der Waals surface area contributed by atoms with Gasteiger partial charge in [-0.05, 0) is 13.3 Å². The molecule has 0 aliphatic rings. The molecule has 8 heteroatoms. The van der Waals surface area contributed by atoms with E-state index in [1.165, 1.54) is 6.92 Å². The molecule has 0 rings (SSSR count). The van der Waals surface area contributed by atoms with Gasteiger partial charge in [-0.15, -0.1) is 0 Å². The van der Waals surface area contributed by atoms with Crippen molar-refractivity contribution in [1.29, 1.82) is 0 Å². The van der Waals surface area contributed by atoms with E-state index in [1.807, 2.05) is 0 Å². The van der Waals surface area contributed by atoms with Crippen LogP contribution in [0.15, 0.2) is 0 Å². The Morgan fingerprint density at radius 3 is 1.21 bits per heavy atom. The Morgan fingerprint density at radius 1 is 1.00 bits per heavy atom. The highest BCUT2D eigenvalue weighted by Crippen LogP contribution is 1.62. The lowest BCUT2D eigenvalue weighted by molar-refractivity contribution is -0.305. The van der Waals surface area contributed by atoms with E-state index in [0.717, 1.165) is 6.92 Å². The highest BCUT2D eigenvalue weighted by molar-refractivity contribution is 5.63. The third-order valence-electron chi connectivity index (χ3n) is 0.879. The lowest BCUT2D eigenvalue weighted by Gasteiger charge is -1.87. The first-order chi connectivity index (χ1) is 8.83. The highest BCUT2D eigenvalue weighted by atomic mass is 16.5. The number of ether oxygens (including phenoxy) is 2. The van der Waals surface area contributed by atoms with Gasteiger partial charge in [-0.25, -0.2) is 0 Å². The number of aliphatic hydroxyl groups excluding tert-OH is 2. The minimum Gasteiger partial charge on any atom is -0.550 e. The SMILES string of the molecule is CC(=O)[O-].CCC(=O)[O-].COCCO.COCCO. The van der Waals surface area contributed by atoms with Crippen LogP contribution in [0.3, 0.4) is 0 Å². The number of carboxylic acids is 2. The van der Waals surface area contributed by atoms with E-state index in [9.17, 15) is 9.90 Å². The van der Waals surface area contributed by atoms with Gasteiger partial charge in [0.05, 0.1) is 26.4 Å². The molecule has 19 heavy (non-hydrogen) atoms. The van der Waals surface area contributed by atoms with Gasteiger partial charge in [0.15, 0.2) is 0 Å². The second kappa shape index (κ2) is 30.1. The van der Waals surface area contributed by atoms with Crippen LogP contribution in [-0.4, -0.2) is 62.8 Å². The number of hydrogen-bond acceptors (Lipinski definition) is 8. The Bertz CT molecular complexity index is 158. The number of hydrogen-bond donors (Lipinski definition) is 2. The molecule has 0 saturated carbocycles. The normalized spacial score (nSPS) is 7.68. The number of carboxylic acid groups (broad SMARTS) is 2. The van der Waals surface area contributed by atoms with Crippen LogP contribution >= 0.6 is 0 Å². The monoisotopic (exact) mass is 284 g/mol. The summed E-state index contributed by atoms with van der Waals surface area (Å²) in [5.41, 5.74) is 0. The Hall–Kier alpha value is -1.22. The molecule has 0 bridgehead atoms. The van der Waals surface area contributed by atoms with E-state index in [0.29, 0.717) is 13.2 Å². The number of carbonyl (C=O) groups is 2. The molecule has 0 heterocycles. The molecule has 0 spiro atoms. The average molecular weight is 284 g/mol. The maximum atomic E-state index is 9.26. The van der Waals surface area contributed by atoms with Gasteiger partial charge in [-0.2, -0.15) is 0 Å². The van der Waals surface area contributed by atoms with Crippen LogP contribution in [0.25, 0.3) is 0 Å². The molecule has 0 aliphatic carbocycles. The van der Waals surface area contributed by atoms with Crippen LogP contribution in [0.4, 0.5) is 0 Å². The maximum absolute atomic E-state index is 9.26. The van der Waals surface area contributed by atoms with Crippen LogP contribution in [-0.2, 0) is 19.1 Å². The first kappa shape index (κ1) is 26.4. The fourth-order valence-corrected chi connectivity index (χ4v) is 0.183. The summed E-state index contributed by atoms with van der Waals surface area (Å²) in [6, 6.07) is 0. The van der Waals surface area contributed by atoms with E-state index < -0.39 is 11.9 Å². The van der Waals surface area contributed by atoms with Crippen molar-refractivity contribution in [2.24, 2.45) is 0 Å². The van der Waals surface area contributed by atoms with Gasteiger partial charge < -0.3 is 39.5 Å². The minimum absolute atomic E-state index is 0.111. The van der Waals surface area contributed by atoms with Gasteiger partial charge in [-0.3, -0.25) is 0 Å². The van der Waals surface area contributed by atoms with Crippen LogP contribution in [0.1, 0.15) is 20.3 Å². The summed E-state index contributed by atoms with van der Waals surface area (Å²) in [6.07, 6.45) is 0.111. The molecule has 0 aliphatic heterocycles. The molecule has 2 N–H and O–H groups in total. The van der Waals surface area contributed by atoms with Crippen molar-refractivity contribution in [2.45, 2.75) is 20.3 Å².